The third-order valence-corrected chi connectivity index (χ3v) is 4.48. The average Bonchev–Trinajstić information content (AvgIpc) is 3.14. The number of aromatic nitrogens is 1. The van der Waals surface area contributed by atoms with E-state index in [4.69, 9.17) is 18.6 Å². The van der Waals surface area contributed by atoms with E-state index >= 15 is 0 Å². The molecule has 0 radical (unpaired) electrons. The first kappa shape index (κ1) is 23.8. The van der Waals surface area contributed by atoms with Crippen molar-refractivity contribution >= 4 is 34.6 Å². The summed E-state index contributed by atoms with van der Waals surface area (Å²) in [5, 5.41) is 10.8. The summed E-state index contributed by atoms with van der Waals surface area (Å²) in [5.41, 5.74) is 4.17. The second-order valence-electron chi connectivity index (χ2n) is 6.60. The molecule has 2 N–H and O–H groups in total. The Morgan fingerprint density at radius 3 is 2.47 bits per heavy atom. The molecule has 0 unspecified atom stereocenters. The maximum atomic E-state index is 12.2. The van der Waals surface area contributed by atoms with Crippen LogP contribution in [0, 0.1) is 10.1 Å². The number of esters is 1. The van der Waals surface area contributed by atoms with Crippen molar-refractivity contribution in [3.8, 4) is 11.5 Å². The molecule has 14 heteroatoms. The van der Waals surface area contributed by atoms with Gasteiger partial charge in [0.05, 0.1) is 30.7 Å². The first-order chi connectivity index (χ1) is 16.2. The number of amides is 2. The Morgan fingerprint density at radius 2 is 1.79 bits per heavy atom. The number of hydrazine groups is 1. The summed E-state index contributed by atoms with van der Waals surface area (Å²) in [7, 11) is 2.84. The molecule has 0 aliphatic heterocycles. The maximum absolute atomic E-state index is 12.2. The number of hydrogen-bond donors (Lipinski definition) is 2. The zero-order chi connectivity index (χ0) is 24.8. The Bertz CT molecular complexity index is 1330. The molecule has 0 aliphatic carbocycles. The number of hydrogen-bond acceptors (Lipinski definition) is 10. The molecule has 2 amide bonds. The van der Waals surface area contributed by atoms with Gasteiger partial charge in [-0.1, -0.05) is 0 Å². The lowest BCUT2D eigenvalue weighted by atomic mass is 10.2. The normalized spacial score (nSPS) is 10.4. The number of nitro groups is 1. The largest absolute Gasteiger partial charge is 0.493 e. The number of rotatable bonds is 8. The van der Waals surface area contributed by atoms with Crippen LogP contribution < -0.4 is 26.1 Å². The molecule has 3 aromatic rings. The number of carbonyl (C=O) groups excluding carboxylic acids is 3. The lowest BCUT2D eigenvalue weighted by Gasteiger charge is -2.11. The van der Waals surface area contributed by atoms with Crippen molar-refractivity contribution in [1.29, 1.82) is 0 Å². The van der Waals surface area contributed by atoms with Gasteiger partial charge in [0.1, 0.15) is 6.54 Å². The molecule has 1 aromatic heterocycles. The number of non-ortho nitro benzene ring substituents is 1. The molecule has 14 nitrogen and oxygen atoms in total. The maximum Gasteiger partial charge on any atom is 0.420 e. The highest BCUT2D eigenvalue weighted by atomic mass is 16.6. The van der Waals surface area contributed by atoms with Crippen molar-refractivity contribution in [2.24, 2.45) is 0 Å². The van der Waals surface area contributed by atoms with Crippen LogP contribution in [0.2, 0.25) is 0 Å². The predicted octanol–water partition coefficient (Wildman–Crippen LogP) is 0.524. The minimum absolute atomic E-state index is 0.0809. The fourth-order valence-electron chi connectivity index (χ4n) is 2.85. The molecule has 0 spiro atoms. The van der Waals surface area contributed by atoms with Crippen molar-refractivity contribution in [2.45, 2.75) is 6.54 Å². The molecular formula is C20H18N4O10. The molecule has 0 bridgehead atoms. The second-order valence-corrected chi connectivity index (χ2v) is 6.60. The van der Waals surface area contributed by atoms with Gasteiger partial charge in [0, 0.05) is 11.6 Å². The molecule has 178 valence electrons. The number of oxazole rings is 1. The molecular weight excluding hydrogens is 456 g/mol. The number of ether oxygens (including phenoxy) is 3. The Balaban J connectivity index is 1.53. The van der Waals surface area contributed by atoms with E-state index in [-0.39, 0.29) is 22.4 Å². The van der Waals surface area contributed by atoms with Gasteiger partial charge in [-0.25, -0.2) is 4.79 Å². The number of nitro benzene ring substituents is 1. The monoisotopic (exact) mass is 474 g/mol. The minimum atomic E-state index is -0.954. The van der Waals surface area contributed by atoms with Gasteiger partial charge in [-0.3, -0.25) is 39.9 Å². The SMILES string of the molecule is COc1ccc(C(=O)NNC(=O)COC(=O)Cn2c(=O)oc3cc([N+](=O)[O-])ccc32)cc1OC. The molecule has 3 rings (SSSR count). The zero-order valence-corrected chi connectivity index (χ0v) is 17.9. The molecule has 0 saturated heterocycles. The van der Waals surface area contributed by atoms with E-state index in [9.17, 15) is 29.3 Å². The second kappa shape index (κ2) is 10.2. The van der Waals surface area contributed by atoms with Crippen molar-refractivity contribution in [3.05, 3.63) is 62.6 Å². The first-order valence-electron chi connectivity index (χ1n) is 9.48. The van der Waals surface area contributed by atoms with Crippen LogP contribution in [0.25, 0.3) is 11.1 Å². The zero-order valence-electron chi connectivity index (χ0n) is 17.9. The van der Waals surface area contributed by atoms with Crippen LogP contribution in [0.3, 0.4) is 0 Å². The van der Waals surface area contributed by atoms with E-state index in [0.29, 0.717) is 11.5 Å². The summed E-state index contributed by atoms with van der Waals surface area (Å²) in [5.74, 6) is -2.67. The van der Waals surface area contributed by atoms with Crippen LogP contribution in [0.4, 0.5) is 5.69 Å². The summed E-state index contributed by atoms with van der Waals surface area (Å²) in [6.07, 6.45) is 0. The lowest BCUT2D eigenvalue weighted by molar-refractivity contribution is -0.384. The quantitative estimate of drug-likeness (QED) is 0.265. The van der Waals surface area contributed by atoms with E-state index < -0.39 is 41.6 Å². The van der Waals surface area contributed by atoms with Crippen LogP contribution in [0.5, 0.6) is 11.5 Å². The summed E-state index contributed by atoms with van der Waals surface area (Å²) in [6, 6.07) is 7.81. The number of methoxy groups -OCH3 is 2. The molecule has 34 heavy (non-hydrogen) atoms. The molecule has 0 atom stereocenters. The first-order valence-corrected chi connectivity index (χ1v) is 9.48. The standard InChI is InChI=1S/C20H18N4O10/c1-31-14-6-3-11(7-16(14)32-2)19(27)22-21-17(25)10-33-18(26)9-23-13-5-4-12(24(29)30)8-15(13)34-20(23)28/h3-8H,9-10H2,1-2H3,(H,21,25)(H,22,27). The van der Waals surface area contributed by atoms with E-state index in [2.05, 4.69) is 10.9 Å². The molecule has 0 saturated carbocycles. The highest BCUT2D eigenvalue weighted by Crippen LogP contribution is 2.27. The van der Waals surface area contributed by atoms with Gasteiger partial charge in [-0.05, 0) is 24.3 Å². The number of fused-ring (bicyclic) bond motifs is 1. The van der Waals surface area contributed by atoms with Crippen LogP contribution in [0.15, 0.2) is 45.6 Å². The Morgan fingerprint density at radius 1 is 1.06 bits per heavy atom. The van der Waals surface area contributed by atoms with Crippen LogP contribution in [-0.2, 0) is 20.9 Å². The van der Waals surface area contributed by atoms with E-state index in [1.807, 2.05) is 0 Å². The third-order valence-electron chi connectivity index (χ3n) is 4.48. The van der Waals surface area contributed by atoms with Gasteiger partial charge >= 0.3 is 11.7 Å². The highest BCUT2D eigenvalue weighted by molar-refractivity contribution is 5.96. The summed E-state index contributed by atoms with van der Waals surface area (Å²) >= 11 is 0. The van der Waals surface area contributed by atoms with Gasteiger partial charge in [0.15, 0.2) is 23.7 Å². The van der Waals surface area contributed by atoms with E-state index in [1.54, 1.807) is 0 Å². The van der Waals surface area contributed by atoms with Crippen LogP contribution >= 0.6 is 0 Å². The minimum Gasteiger partial charge on any atom is -0.493 e. The molecule has 2 aromatic carbocycles. The molecule has 0 fully saturated rings. The van der Waals surface area contributed by atoms with Crippen molar-refractivity contribution < 1.29 is 37.9 Å². The van der Waals surface area contributed by atoms with Gasteiger partial charge < -0.3 is 18.6 Å². The van der Waals surface area contributed by atoms with Gasteiger partial charge in [-0.2, -0.15) is 0 Å². The highest BCUT2D eigenvalue weighted by Gasteiger charge is 2.18. The summed E-state index contributed by atoms with van der Waals surface area (Å²) < 4.78 is 20.8. The topological polar surface area (TPSA) is 181 Å². The number of carbonyl (C=O) groups is 3. The third kappa shape index (κ3) is 5.29. The van der Waals surface area contributed by atoms with Crippen molar-refractivity contribution in [1.82, 2.24) is 15.4 Å². The predicted molar refractivity (Wildman–Crippen MR) is 113 cm³/mol. The Kier molecular flexibility index (Phi) is 7.10. The van der Waals surface area contributed by atoms with E-state index in [1.165, 1.54) is 38.5 Å². The van der Waals surface area contributed by atoms with Gasteiger partial charge in [0.25, 0.3) is 17.5 Å². The van der Waals surface area contributed by atoms with Crippen molar-refractivity contribution in [2.75, 3.05) is 20.8 Å². The van der Waals surface area contributed by atoms with Gasteiger partial charge in [-0.15, -0.1) is 0 Å². The fourth-order valence-corrected chi connectivity index (χ4v) is 2.85. The number of nitrogens with one attached hydrogen (secondary N) is 2. The van der Waals surface area contributed by atoms with Gasteiger partial charge in [0.2, 0.25) is 0 Å². The molecule has 0 aliphatic rings. The molecule has 1 heterocycles. The Labute approximate surface area is 190 Å². The fraction of sp³-hybridized carbons (Fsp3) is 0.200. The van der Waals surface area contributed by atoms with Crippen molar-refractivity contribution in [3.63, 3.8) is 0 Å². The Hall–Kier alpha value is -4.88. The van der Waals surface area contributed by atoms with Crippen LogP contribution in [0.1, 0.15) is 10.4 Å². The average molecular weight is 474 g/mol. The number of benzene rings is 2. The number of nitrogens with zero attached hydrogens (tertiary/aromatic N) is 2. The lowest BCUT2D eigenvalue weighted by Crippen LogP contribution is -2.43. The van der Waals surface area contributed by atoms with E-state index in [0.717, 1.165) is 16.7 Å². The van der Waals surface area contributed by atoms with Crippen LogP contribution in [-0.4, -0.2) is 48.1 Å². The summed E-state index contributed by atoms with van der Waals surface area (Å²) in [4.78, 5) is 58.2. The summed E-state index contributed by atoms with van der Waals surface area (Å²) in [6.45, 7) is -1.35. The smallest absolute Gasteiger partial charge is 0.420 e.